The summed E-state index contributed by atoms with van der Waals surface area (Å²) in [6.07, 6.45) is 9.77. The number of nitrogens with one attached hydrogen (secondary N) is 1. The van der Waals surface area contributed by atoms with Crippen molar-refractivity contribution in [3.05, 3.63) is 58.9 Å². The highest BCUT2D eigenvalue weighted by molar-refractivity contribution is 7.22. The Morgan fingerprint density at radius 2 is 1.83 bits per heavy atom. The number of aromatic nitrogens is 4. The van der Waals surface area contributed by atoms with Crippen molar-refractivity contribution in [1.29, 1.82) is 0 Å². The number of hydrogen-bond donors (Lipinski definition) is 3. The summed E-state index contributed by atoms with van der Waals surface area (Å²) in [5.74, 6) is 1.41. The van der Waals surface area contributed by atoms with Crippen molar-refractivity contribution in [2.75, 3.05) is 69.9 Å². The fourth-order valence-corrected chi connectivity index (χ4v) is 13.1. The zero-order chi connectivity index (χ0) is 41.9. The lowest BCUT2D eigenvalue weighted by Crippen LogP contribution is -2.64. The molecule has 6 aliphatic rings. The first-order chi connectivity index (χ1) is 28.8. The topological polar surface area (TPSA) is 173 Å². The van der Waals surface area contributed by atoms with E-state index in [9.17, 15) is 9.90 Å². The number of nitrogens with two attached hydrogens (primary N) is 1. The molecular formula is C45H57N9O5S. The number of nitrogens with zero attached hydrogens (tertiary/aromatic N) is 7. The number of ether oxygens (including phenoxy) is 3. The van der Waals surface area contributed by atoms with Crippen LogP contribution < -0.4 is 20.7 Å². The van der Waals surface area contributed by atoms with Gasteiger partial charge in [-0.3, -0.25) is 9.89 Å². The molecule has 4 saturated carbocycles. The van der Waals surface area contributed by atoms with E-state index in [1.165, 1.54) is 24.0 Å². The van der Waals surface area contributed by atoms with Crippen molar-refractivity contribution in [3.63, 3.8) is 0 Å². The molecule has 4 aliphatic carbocycles. The van der Waals surface area contributed by atoms with Gasteiger partial charge in [0.05, 0.1) is 42.7 Å². The van der Waals surface area contributed by atoms with E-state index in [-0.39, 0.29) is 27.5 Å². The average molecular weight is 836 g/mol. The Hall–Kier alpha value is -4.70. The third-order valence-electron chi connectivity index (χ3n) is 13.6. The third kappa shape index (κ3) is 7.73. The van der Waals surface area contributed by atoms with Crippen LogP contribution >= 0.6 is 11.3 Å². The summed E-state index contributed by atoms with van der Waals surface area (Å²) < 4.78 is 18.9. The molecule has 4 N–H and O–H groups in total. The minimum Gasteiger partial charge on any atom is -0.497 e. The van der Waals surface area contributed by atoms with Crippen LogP contribution in [0.15, 0.2) is 41.5 Å². The number of pyridine rings is 1. The zero-order valence-electron chi connectivity index (χ0n) is 35.5. The number of carboxylic acid groups (broad SMARTS) is 1. The van der Waals surface area contributed by atoms with Crippen LogP contribution in [0.1, 0.15) is 92.9 Å². The van der Waals surface area contributed by atoms with Gasteiger partial charge in [0, 0.05) is 73.0 Å². The van der Waals surface area contributed by atoms with Crippen molar-refractivity contribution in [2.24, 2.45) is 27.0 Å². The van der Waals surface area contributed by atoms with Crippen LogP contribution in [0.4, 0.5) is 22.6 Å². The van der Waals surface area contributed by atoms with Gasteiger partial charge in [-0.05, 0) is 106 Å². The second kappa shape index (κ2) is 15.6. The van der Waals surface area contributed by atoms with Crippen molar-refractivity contribution < 1.29 is 24.1 Å². The number of anilines is 4. The number of rotatable bonds is 13. The number of carbonyl (C=O) groups is 1. The summed E-state index contributed by atoms with van der Waals surface area (Å²) in [6.45, 7) is 15.3. The number of hydrogen-bond acceptors (Lipinski definition) is 14. The molecule has 0 amide bonds. The second-order valence-electron chi connectivity index (χ2n) is 18.7. The fourth-order valence-electron chi connectivity index (χ4n) is 12.2. The summed E-state index contributed by atoms with van der Waals surface area (Å²) in [5, 5.41) is 23.9. The van der Waals surface area contributed by atoms with E-state index < -0.39 is 5.97 Å². The second-order valence-corrected chi connectivity index (χ2v) is 19.8. The molecule has 1 saturated heterocycles. The monoisotopic (exact) mass is 835 g/mol. The average Bonchev–Trinajstić information content (AvgIpc) is 3.62. The van der Waals surface area contributed by atoms with Gasteiger partial charge in [-0.25, -0.2) is 14.8 Å². The van der Waals surface area contributed by atoms with Crippen molar-refractivity contribution in [3.8, 4) is 5.75 Å². The molecule has 3 aromatic heterocycles. The lowest BCUT2D eigenvalue weighted by Gasteiger charge is -2.69. The Kier molecular flexibility index (Phi) is 10.6. The first-order valence-corrected chi connectivity index (χ1v) is 22.1. The standard InChI is InChI=1S/C45H57N9O5S/c1-28-31-7-6-12-54(39(31)52-51-38(28)50-41-48-34-19-30(57-5)8-10-35(34)60-41)36-11-9-32(37(49-36)40(55)56)33(20-46)29(2)47-27-44-22-42(3)21-43(4,23-44)25-45(24-42,26-44)59-18-15-53-13-16-58-17-14-53/h8-11,19-20H,6-7,12-18,21-27,46H2,1-5H3,(H,55,56)(H,48,50,51)/b33-20+,47-29?. The molecule has 318 valence electrons. The Bertz CT molecular complexity index is 2360. The van der Waals surface area contributed by atoms with Gasteiger partial charge in [0.1, 0.15) is 11.6 Å². The predicted molar refractivity (Wildman–Crippen MR) is 235 cm³/mol. The van der Waals surface area contributed by atoms with Gasteiger partial charge in [-0.15, -0.1) is 10.2 Å². The van der Waals surface area contributed by atoms with Gasteiger partial charge in [-0.2, -0.15) is 0 Å². The molecule has 0 spiro atoms. The van der Waals surface area contributed by atoms with Gasteiger partial charge < -0.3 is 35.3 Å². The highest BCUT2D eigenvalue weighted by Crippen LogP contribution is 2.71. The molecule has 5 fully saturated rings. The quantitative estimate of drug-likeness (QED) is 0.113. The van der Waals surface area contributed by atoms with Crippen molar-refractivity contribution >= 4 is 61.4 Å². The van der Waals surface area contributed by atoms with E-state index in [1.54, 1.807) is 13.2 Å². The van der Waals surface area contributed by atoms with Crippen LogP contribution in [0.2, 0.25) is 0 Å². The van der Waals surface area contributed by atoms with Crippen LogP contribution in [-0.2, 0) is 15.9 Å². The minimum atomic E-state index is -1.13. The molecule has 2 unspecified atom stereocenters. The number of fused-ring (bicyclic) bond motifs is 2. The highest BCUT2D eigenvalue weighted by atomic mass is 32.1. The Labute approximate surface area is 355 Å². The van der Waals surface area contributed by atoms with E-state index in [2.05, 4.69) is 34.3 Å². The van der Waals surface area contributed by atoms with Crippen molar-refractivity contribution in [1.82, 2.24) is 25.1 Å². The molecule has 2 atom stereocenters. The lowest BCUT2D eigenvalue weighted by atomic mass is 9.39. The number of methoxy groups -OCH3 is 1. The maximum Gasteiger partial charge on any atom is 0.355 e. The van der Waals surface area contributed by atoms with Crippen LogP contribution in [0.3, 0.4) is 0 Å². The first-order valence-electron chi connectivity index (χ1n) is 21.3. The Balaban J connectivity index is 0.937. The van der Waals surface area contributed by atoms with Crippen LogP contribution in [-0.4, -0.2) is 107 Å². The van der Waals surface area contributed by atoms with E-state index in [1.807, 2.05) is 43.0 Å². The smallest absolute Gasteiger partial charge is 0.355 e. The molecule has 15 heteroatoms. The van der Waals surface area contributed by atoms with E-state index in [0.717, 1.165) is 111 Å². The SMILES string of the molecule is COc1ccc2sc(Nc3nnc4c(c3C)CCCN4c3ccc(/C(=C/N)C(C)=NCC45CC6(C)CC(C)(C4)CC(OCCN4CCOCC4)(C6)C5)c(C(=O)O)n3)nc2c1. The van der Waals surface area contributed by atoms with Gasteiger partial charge in [0.25, 0.3) is 0 Å². The molecule has 14 nitrogen and oxygen atoms in total. The molecular weight excluding hydrogens is 779 g/mol. The summed E-state index contributed by atoms with van der Waals surface area (Å²) in [4.78, 5) is 32.1. The summed E-state index contributed by atoms with van der Waals surface area (Å²) in [7, 11) is 1.64. The van der Waals surface area contributed by atoms with Gasteiger partial charge in [0.15, 0.2) is 22.5 Å². The largest absolute Gasteiger partial charge is 0.497 e. The molecule has 5 heterocycles. The summed E-state index contributed by atoms with van der Waals surface area (Å²) in [6, 6.07) is 9.48. The number of thiazole rings is 1. The number of carboxylic acids is 1. The highest BCUT2D eigenvalue weighted by Gasteiger charge is 2.66. The number of allylic oxidation sites excluding steroid dienone is 1. The molecule has 2 aliphatic heterocycles. The summed E-state index contributed by atoms with van der Waals surface area (Å²) >= 11 is 1.53. The number of aromatic carboxylic acids is 1. The van der Waals surface area contributed by atoms with Crippen LogP contribution in [0, 0.1) is 23.2 Å². The molecule has 10 rings (SSSR count). The maximum atomic E-state index is 12.9. The van der Waals surface area contributed by atoms with Crippen molar-refractivity contribution in [2.45, 2.75) is 84.7 Å². The van der Waals surface area contributed by atoms with E-state index in [4.69, 9.17) is 34.9 Å². The molecule has 60 heavy (non-hydrogen) atoms. The van der Waals surface area contributed by atoms with E-state index in [0.29, 0.717) is 52.5 Å². The van der Waals surface area contributed by atoms with Gasteiger partial charge in [0.2, 0.25) is 0 Å². The van der Waals surface area contributed by atoms with Gasteiger partial charge >= 0.3 is 5.97 Å². The zero-order valence-corrected chi connectivity index (χ0v) is 36.3. The summed E-state index contributed by atoms with van der Waals surface area (Å²) in [5.41, 5.74) is 11.1. The number of aliphatic imine (C=N–C) groups is 1. The minimum absolute atomic E-state index is 0.00858. The van der Waals surface area contributed by atoms with E-state index >= 15 is 0 Å². The molecule has 4 bridgehead atoms. The van der Waals surface area contributed by atoms with Crippen LogP contribution in [0.25, 0.3) is 15.8 Å². The normalized spacial score (nSPS) is 28.0. The lowest BCUT2D eigenvalue weighted by molar-refractivity contribution is -0.243. The Morgan fingerprint density at radius 3 is 2.57 bits per heavy atom. The third-order valence-corrected chi connectivity index (χ3v) is 14.6. The molecule has 1 aromatic carbocycles. The predicted octanol–water partition coefficient (Wildman–Crippen LogP) is 7.55. The molecule has 0 radical (unpaired) electrons. The first kappa shape index (κ1) is 40.7. The molecule has 4 aromatic rings. The van der Waals surface area contributed by atoms with Crippen LogP contribution in [0.5, 0.6) is 5.75 Å². The van der Waals surface area contributed by atoms with Gasteiger partial charge in [-0.1, -0.05) is 25.2 Å². The Morgan fingerprint density at radius 1 is 1.05 bits per heavy atom. The maximum absolute atomic E-state index is 12.9. The fraction of sp³-hybridized carbons (Fsp3) is 0.556. The number of morpholine rings is 1. The number of benzene rings is 1.